The topological polar surface area (TPSA) is 114 Å². The molecule has 4 amide bonds. The monoisotopic (exact) mass is 336 g/mol. The number of primary amides is 1. The third-order valence-corrected chi connectivity index (χ3v) is 3.72. The molecule has 1 aromatic rings. The van der Waals surface area contributed by atoms with Gasteiger partial charge in [-0.3, -0.25) is 4.79 Å². The van der Waals surface area contributed by atoms with Crippen molar-refractivity contribution in [2.45, 2.75) is 0 Å². The molecule has 0 radical (unpaired) electrons. The van der Waals surface area contributed by atoms with Gasteiger partial charge in [0.2, 0.25) is 0 Å². The normalized spacial score (nSPS) is 14.1. The number of carbonyl (C=O) groups excluding carboxylic acids is 3. The molecule has 0 aliphatic carbocycles. The predicted molar refractivity (Wildman–Crippen MR) is 86.1 cm³/mol. The molecule has 0 atom stereocenters. The summed E-state index contributed by atoms with van der Waals surface area (Å²) in [6.45, 7) is 1.57. The van der Waals surface area contributed by atoms with E-state index in [1.54, 1.807) is 17.0 Å². The van der Waals surface area contributed by atoms with E-state index in [-0.39, 0.29) is 11.6 Å². The van der Waals surface area contributed by atoms with Gasteiger partial charge in [-0.1, -0.05) is 0 Å². The van der Waals surface area contributed by atoms with Crippen LogP contribution in [0.1, 0.15) is 10.4 Å². The number of rotatable bonds is 3. The minimum absolute atomic E-state index is 0.186. The van der Waals surface area contributed by atoms with Crippen molar-refractivity contribution >= 4 is 23.7 Å². The number of anilines is 1. The van der Waals surface area contributed by atoms with Crippen LogP contribution in [0.5, 0.6) is 5.75 Å². The number of carbonyl (C=O) groups is 3. The van der Waals surface area contributed by atoms with Gasteiger partial charge in [-0.2, -0.15) is 0 Å². The van der Waals surface area contributed by atoms with Gasteiger partial charge in [0, 0.05) is 31.9 Å². The summed E-state index contributed by atoms with van der Waals surface area (Å²) in [5, 5.41) is 2.71. The number of ether oxygens (including phenoxy) is 2. The van der Waals surface area contributed by atoms with Crippen LogP contribution in [0, 0.1) is 0 Å². The third-order valence-electron chi connectivity index (χ3n) is 3.72. The smallest absolute Gasteiger partial charge is 0.409 e. The lowest BCUT2D eigenvalue weighted by atomic mass is 10.1. The zero-order valence-electron chi connectivity index (χ0n) is 13.6. The highest BCUT2D eigenvalue weighted by atomic mass is 16.5. The van der Waals surface area contributed by atoms with Crippen molar-refractivity contribution in [1.82, 2.24) is 9.80 Å². The first-order chi connectivity index (χ1) is 11.5. The van der Waals surface area contributed by atoms with E-state index in [0.717, 1.165) is 0 Å². The first-order valence-electron chi connectivity index (χ1n) is 7.33. The Morgan fingerprint density at radius 1 is 1.08 bits per heavy atom. The van der Waals surface area contributed by atoms with Crippen LogP contribution >= 0.6 is 0 Å². The maximum absolute atomic E-state index is 12.3. The van der Waals surface area contributed by atoms with E-state index in [1.807, 2.05) is 0 Å². The maximum atomic E-state index is 12.3. The highest BCUT2D eigenvalue weighted by Crippen LogP contribution is 2.22. The van der Waals surface area contributed by atoms with E-state index in [1.165, 1.54) is 25.2 Å². The maximum Gasteiger partial charge on any atom is 0.409 e. The molecule has 0 bridgehead atoms. The molecule has 1 aromatic carbocycles. The minimum Gasteiger partial charge on any atom is -0.496 e. The standard InChI is InChI=1S/C15H20N4O5/c1-23-12-4-3-10(9-11(12)13(16)20)17-14(21)18-5-7-19(8-6-18)15(22)24-2/h3-4,9H,5-8H2,1-2H3,(H2,16,20)(H,17,21). The van der Waals surface area contributed by atoms with Crippen LogP contribution in [0.25, 0.3) is 0 Å². The summed E-state index contributed by atoms with van der Waals surface area (Å²) in [5.41, 5.74) is 5.92. The zero-order valence-corrected chi connectivity index (χ0v) is 13.6. The van der Waals surface area contributed by atoms with Crippen LogP contribution < -0.4 is 15.8 Å². The second-order valence-electron chi connectivity index (χ2n) is 5.15. The molecule has 0 aromatic heterocycles. The van der Waals surface area contributed by atoms with Gasteiger partial charge in [0.05, 0.1) is 19.8 Å². The van der Waals surface area contributed by atoms with Crippen LogP contribution in [0.2, 0.25) is 0 Å². The lowest BCUT2D eigenvalue weighted by Crippen LogP contribution is -2.51. The van der Waals surface area contributed by atoms with Crippen molar-refractivity contribution in [3.05, 3.63) is 23.8 Å². The fourth-order valence-electron chi connectivity index (χ4n) is 2.40. The van der Waals surface area contributed by atoms with Crippen LogP contribution in [0.4, 0.5) is 15.3 Å². The van der Waals surface area contributed by atoms with Crippen LogP contribution in [0.15, 0.2) is 18.2 Å². The molecular weight excluding hydrogens is 316 g/mol. The molecule has 3 N–H and O–H groups in total. The van der Waals surface area contributed by atoms with Gasteiger partial charge in [0.15, 0.2) is 0 Å². The third kappa shape index (κ3) is 3.86. The number of amides is 4. The van der Waals surface area contributed by atoms with E-state index < -0.39 is 12.0 Å². The molecule has 0 unspecified atom stereocenters. The van der Waals surface area contributed by atoms with Gasteiger partial charge in [-0.05, 0) is 18.2 Å². The molecule has 24 heavy (non-hydrogen) atoms. The summed E-state index contributed by atoms with van der Waals surface area (Å²) in [6.07, 6.45) is -0.406. The Labute approximate surface area is 139 Å². The van der Waals surface area contributed by atoms with E-state index in [4.69, 9.17) is 10.5 Å². The second kappa shape index (κ2) is 7.53. The van der Waals surface area contributed by atoms with Gasteiger partial charge < -0.3 is 30.3 Å². The SMILES string of the molecule is COC(=O)N1CCN(C(=O)Nc2ccc(OC)c(C(N)=O)c2)CC1. The Balaban J connectivity index is 1.99. The van der Waals surface area contributed by atoms with Gasteiger partial charge in [0.1, 0.15) is 5.75 Å². The summed E-state index contributed by atoms with van der Waals surface area (Å²) in [4.78, 5) is 38.2. The average molecular weight is 336 g/mol. The predicted octanol–water partition coefficient (Wildman–Crippen LogP) is 0.710. The number of piperazine rings is 1. The zero-order chi connectivity index (χ0) is 17.7. The number of benzene rings is 1. The number of urea groups is 1. The van der Waals surface area contributed by atoms with Crippen molar-refractivity contribution in [2.24, 2.45) is 5.73 Å². The number of methoxy groups -OCH3 is 2. The van der Waals surface area contributed by atoms with E-state index >= 15 is 0 Å². The first-order valence-corrected chi connectivity index (χ1v) is 7.33. The fourth-order valence-corrected chi connectivity index (χ4v) is 2.40. The number of nitrogens with zero attached hydrogens (tertiary/aromatic N) is 2. The molecule has 1 heterocycles. The van der Waals surface area contributed by atoms with Crippen LogP contribution in [0.3, 0.4) is 0 Å². The van der Waals surface area contributed by atoms with E-state index in [2.05, 4.69) is 10.1 Å². The van der Waals surface area contributed by atoms with Crippen molar-refractivity contribution < 1.29 is 23.9 Å². The number of nitrogens with two attached hydrogens (primary N) is 1. The Bertz CT molecular complexity index is 641. The average Bonchev–Trinajstić information content (AvgIpc) is 2.61. The van der Waals surface area contributed by atoms with Gasteiger partial charge >= 0.3 is 12.1 Å². The van der Waals surface area contributed by atoms with Gasteiger partial charge in [-0.25, -0.2) is 9.59 Å². The summed E-state index contributed by atoms with van der Waals surface area (Å²) in [6, 6.07) is 4.32. The second-order valence-corrected chi connectivity index (χ2v) is 5.15. The van der Waals surface area contributed by atoms with Crippen LogP contribution in [-0.4, -0.2) is 68.2 Å². The molecule has 1 fully saturated rings. The molecule has 0 saturated carbocycles. The van der Waals surface area contributed by atoms with Crippen LogP contribution in [-0.2, 0) is 4.74 Å². The molecule has 2 rings (SSSR count). The molecule has 1 aliphatic rings. The summed E-state index contributed by atoms with van der Waals surface area (Å²) >= 11 is 0. The summed E-state index contributed by atoms with van der Waals surface area (Å²) < 4.78 is 9.71. The highest BCUT2D eigenvalue weighted by molar-refractivity contribution is 5.98. The number of nitrogens with one attached hydrogen (secondary N) is 1. The van der Waals surface area contributed by atoms with E-state index in [9.17, 15) is 14.4 Å². The Kier molecular flexibility index (Phi) is 5.46. The van der Waals surface area contributed by atoms with E-state index in [0.29, 0.717) is 37.6 Å². The van der Waals surface area contributed by atoms with Crippen molar-refractivity contribution in [2.75, 3.05) is 45.7 Å². The highest BCUT2D eigenvalue weighted by Gasteiger charge is 2.24. The lowest BCUT2D eigenvalue weighted by molar-refractivity contribution is 0.0991. The molecular formula is C15H20N4O5. The van der Waals surface area contributed by atoms with Crippen molar-refractivity contribution in [1.29, 1.82) is 0 Å². The Morgan fingerprint density at radius 3 is 2.25 bits per heavy atom. The molecule has 130 valence electrons. The van der Waals surface area contributed by atoms with Gasteiger partial charge in [-0.15, -0.1) is 0 Å². The summed E-state index contributed by atoms with van der Waals surface area (Å²) in [7, 11) is 2.75. The minimum atomic E-state index is -0.644. The fraction of sp³-hybridized carbons (Fsp3) is 0.400. The largest absolute Gasteiger partial charge is 0.496 e. The number of hydrogen-bond acceptors (Lipinski definition) is 5. The van der Waals surface area contributed by atoms with Gasteiger partial charge in [0.25, 0.3) is 5.91 Å². The summed E-state index contributed by atoms with van der Waals surface area (Å²) in [5.74, 6) is -0.304. The number of hydrogen-bond donors (Lipinski definition) is 2. The quantitative estimate of drug-likeness (QED) is 0.844. The van der Waals surface area contributed by atoms with Crippen molar-refractivity contribution in [3.63, 3.8) is 0 Å². The first kappa shape index (κ1) is 17.4. The Morgan fingerprint density at radius 2 is 1.71 bits per heavy atom. The molecule has 9 heteroatoms. The molecule has 1 aliphatic heterocycles. The molecule has 0 spiro atoms. The lowest BCUT2D eigenvalue weighted by Gasteiger charge is -2.33. The molecule has 1 saturated heterocycles. The van der Waals surface area contributed by atoms with Crippen molar-refractivity contribution in [3.8, 4) is 5.75 Å². The Hall–Kier alpha value is -2.97. The molecule has 9 nitrogen and oxygen atoms in total.